The van der Waals surface area contributed by atoms with Gasteiger partial charge in [-0.1, -0.05) is 41.9 Å². The van der Waals surface area contributed by atoms with Gasteiger partial charge in [0.1, 0.15) is 5.15 Å². The number of halogens is 1. The van der Waals surface area contributed by atoms with E-state index in [4.69, 9.17) is 11.6 Å². The van der Waals surface area contributed by atoms with Gasteiger partial charge < -0.3 is 0 Å². The topological polar surface area (TPSA) is 30.0 Å². The van der Waals surface area contributed by atoms with Crippen molar-refractivity contribution in [1.82, 2.24) is 4.98 Å². The highest BCUT2D eigenvalue weighted by Crippen LogP contribution is 2.15. The van der Waals surface area contributed by atoms with Gasteiger partial charge in [0.05, 0.1) is 0 Å². The predicted octanol–water partition coefficient (Wildman–Crippen LogP) is 3.27. The first-order valence-corrected chi connectivity index (χ1v) is 5.28. The van der Waals surface area contributed by atoms with Gasteiger partial charge in [0.15, 0.2) is 5.78 Å². The second-order valence-electron chi connectivity index (χ2n) is 3.52. The number of carbonyl (C=O) groups excluding carboxylic acids is 1. The van der Waals surface area contributed by atoms with Gasteiger partial charge in [-0.05, 0) is 18.6 Å². The number of hydrogen-bond donors (Lipinski definition) is 0. The Morgan fingerprint density at radius 1 is 1.25 bits per heavy atom. The van der Waals surface area contributed by atoms with Crippen molar-refractivity contribution in [2.24, 2.45) is 0 Å². The van der Waals surface area contributed by atoms with Crippen LogP contribution < -0.4 is 0 Å². The van der Waals surface area contributed by atoms with Crippen molar-refractivity contribution in [3.05, 3.63) is 64.4 Å². The predicted molar refractivity (Wildman–Crippen MR) is 63.9 cm³/mol. The van der Waals surface area contributed by atoms with Gasteiger partial charge >= 0.3 is 0 Å². The molecule has 0 saturated heterocycles. The molecule has 0 fully saturated rings. The number of pyridine rings is 1. The number of benzene rings is 1. The van der Waals surface area contributed by atoms with Crippen LogP contribution in [0.1, 0.15) is 21.5 Å². The van der Waals surface area contributed by atoms with Crippen LogP contribution in [0.3, 0.4) is 0 Å². The molecule has 3 heteroatoms. The summed E-state index contributed by atoms with van der Waals surface area (Å²) in [4.78, 5) is 16.0. The molecule has 0 radical (unpaired) electrons. The Balaban J connectivity index is 2.42. The fraction of sp³-hybridized carbons (Fsp3) is 0.0769. The molecule has 0 amide bonds. The zero-order valence-corrected chi connectivity index (χ0v) is 9.53. The molecule has 0 aliphatic heterocycles. The van der Waals surface area contributed by atoms with E-state index in [1.54, 1.807) is 18.2 Å². The molecule has 80 valence electrons. The van der Waals surface area contributed by atoms with Crippen molar-refractivity contribution >= 4 is 17.4 Å². The van der Waals surface area contributed by atoms with E-state index in [-0.39, 0.29) is 5.78 Å². The molecule has 16 heavy (non-hydrogen) atoms. The van der Waals surface area contributed by atoms with Crippen molar-refractivity contribution in [1.29, 1.82) is 0 Å². The molecule has 1 aromatic carbocycles. The third-order valence-electron chi connectivity index (χ3n) is 2.36. The van der Waals surface area contributed by atoms with Gasteiger partial charge in [-0.2, -0.15) is 0 Å². The third kappa shape index (κ3) is 2.12. The molecule has 0 unspecified atom stereocenters. The van der Waals surface area contributed by atoms with E-state index < -0.39 is 0 Å². The molecule has 0 aliphatic carbocycles. The van der Waals surface area contributed by atoms with Crippen LogP contribution >= 0.6 is 11.6 Å². The first-order chi connectivity index (χ1) is 7.68. The van der Waals surface area contributed by atoms with Crippen LogP contribution in [0.15, 0.2) is 42.6 Å². The van der Waals surface area contributed by atoms with E-state index >= 15 is 0 Å². The minimum Gasteiger partial charge on any atom is -0.289 e. The summed E-state index contributed by atoms with van der Waals surface area (Å²) in [6.45, 7) is 1.85. The van der Waals surface area contributed by atoms with Crippen LogP contribution in [0.25, 0.3) is 0 Å². The summed E-state index contributed by atoms with van der Waals surface area (Å²) in [6.07, 6.45) is 1.52. The molecular formula is C13H10ClNO. The molecule has 1 aromatic heterocycles. The first kappa shape index (κ1) is 10.8. The smallest absolute Gasteiger partial charge is 0.194 e. The lowest BCUT2D eigenvalue weighted by molar-refractivity contribution is 0.103. The zero-order chi connectivity index (χ0) is 11.5. The van der Waals surface area contributed by atoms with E-state index in [9.17, 15) is 4.79 Å². The zero-order valence-electron chi connectivity index (χ0n) is 8.77. The molecule has 0 atom stereocenters. The van der Waals surface area contributed by atoms with Gasteiger partial charge in [0.2, 0.25) is 0 Å². The van der Waals surface area contributed by atoms with Crippen molar-refractivity contribution in [3.8, 4) is 0 Å². The lowest BCUT2D eigenvalue weighted by atomic mass is 10.0. The summed E-state index contributed by atoms with van der Waals surface area (Å²) in [5.41, 5.74) is 2.10. The number of aryl methyl sites for hydroxylation is 1. The van der Waals surface area contributed by atoms with E-state index in [0.717, 1.165) is 5.56 Å². The monoisotopic (exact) mass is 231 g/mol. The minimum atomic E-state index is -0.0257. The normalized spacial score (nSPS) is 10.1. The lowest BCUT2D eigenvalue weighted by Crippen LogP contribution is -2.04. The highest BCUT2D eigenvalue weighted by Gasteiger charge is 2.11. The number of nitrogens with zero attached hydrogens (tertiary/aromatic N) is 1. The Morgan fingerprint density at radius 2 is 1.94 bits per heavy atom. The maximum atomic E-state index is 12.1. The van der Waals surface area contributed by atoms with Crippen LogP contribution in [0.5, 0.6) is 0 Å². The first-order valence-electron chi connectivity index (χ1n) is 4.90. The molecule has 0 spiro atoms. The summed E-state index contributed by atoms with van der Waals surface area (Å²) in [5, 5.41) is 0.405. The number of carbonyl (C=O) groups is 1. The SMILES string of the molecule is Cc1cc(Cl)ncc1C(=O)c1ccccc1. The summed E-state index contributed by atoms with van der Waals surface area (Å²) in [5.74, 6) is -0.0257. The van der Waals surface area contributed by atoms with Crippen LogP contribution in [-0.2, 0) is 0 Å². The quantitative estimate of drug-likeness (QED) is 0.587. The average molecular weight is 232 g/mol. The molecule has 2 rings (SSSR count). The van der Waals surface area contributed by atoms with E-state index in [1.807, 2.05) is 25.1 Å². The maximum Gasteiger partial charge on any atom is 0.194 e. The van der Waals surface area contributed by atoms with E-state index in [1.165, 1.54) is 6.20 Å². The summed E-state index contributed by atoms with van der Waals surface area (Å²) in [6, 6.07) is 10.8. The van der Waals surface area contributed by atoms with Crippen molar-refractivity contribution in [2.75, 3.05) is 0 Å². The average Bonchev–Trinajstić information content (AvgIpc) is 2.29. The van der Waals surface area contributed by atoms with Crippen LogP contribution in [0.2, 0.25) is 5.15 Å². The van der Waals surface area contributed by atoms with Gasteiger partial charge in [-0.3, -0.25) is 4.79 Å². The lowest BCUT2D eigenvalue weighted by Gasteiger charge is -2.04. The summed E-state index contributed by atoms with van der Waals surface area (Å²) >= 11 is 5.75. The standard InChI is InChI=1S/C13H10ClNO/c1-9-7-12(14)15-8-11(9)13(16)10-5-3-2-4-6-10/h2-8H,1H3. The summed E-state index contributed by atoms with van der Waals surface area (Å²) < 4.78 is 0. The second-order valence-corrected chi connectivity index (χ2v) is 3.90. The fourth-order valence-corrected chi connectivity index (χ4v) is 1.72. The molecule has 0 N–H and O–H groups in total. The molecule has 2 aromatic rings. The number of aromatic nitrogens is 1. The highest BCUT2D eigenvalue weighted by atomic mass is 35.5. The van der Waals surface area contributed by atoms with Crippen molar-refractivity contribution < 1.29 is 4.79 Å². The maximum absolute atomic E-state index is 12.1. The van der Waals surface area contributed by atoms with Gasteiger partial charge in [0.25, 0.3) is 0 Å². The highest BCUT2D eigenvalue weighted by molar-refractivity contribution is 6.29. The molecule has 0 aliphatic rings. The number of ketones is 1. The van der Waals surface area contributed by atoms with Crippen LogP contribution in [0, 0.1) is 6.92 Å². The molecule has 0 saturated carbocycles. The van der Waals surface area contributed by atoms with Crippen LogP contribution in [0.4, 0.5) is 0 Å². The number of rotatable bonds is 2. The second kappa shape index (κ2) is 4.45. The Morgan fingerprint density at radius 3 is 2.56 bits per heavy atom. The molecule has 0 bridgehead atoms. The molecular weight excluding hydrogens is 222 g/mol. The Hall–Kier alpha value is -1.67. The van der Waals surface area contributed by atoms with E-state index in [2.05, 4.69) is 4.98 Å². The Kier molecular flexibility index (Phi) is 3.02. The van der Waals surface area contributed by atoms with Crippen molar-refractivity contribution in [2.45, 2.75) is 6.92 Å². The molecule has 1 heterocycles. The largest absolute Gasteiger partial charge is 0.289 e. The Bertz CT molecular complexity index is 523. The third-order valence-corrected chi connectivity index (χ3v) is 2.56. The van der Waals surface area contributed by atoms with Gasteiger partial charge in [0, 0.05) is 17.3 Å². The summed E-state index contributed by atoms with van der Waals surface area (Å²) in [7, 11) is 0. The fourth-order valence-electron chi connectivity index (χ4n) is 1.50. The number of hydrogen-bond acceptors (Lipinski definition) is 2. The minimum absolute atomic E-state index is 0.0257. The molecule has 2 nitrogen and oxygen atoms in total. The van der Waals surface area contributed by atoms with Crippen LogP contribution in [-0.4, -0.2) is 10.8 Å². The van der Waals surface area contributed by atoms with E-state index in [0.29, 0.717) is 16.3 Å². The van der Waals surface area contributed by atoms with Gasteiger partial charge in [-0.15, -0.1) is 0 Å². The van der Waals surface area contributed by atoms with Gasteiger partial charge in [-0.25, -0.2) is 4.98 Å². The Labute approximate surface area is 98.9 Å². The van der Waals surface area contributed by atoms with Crippen molar-refractivity contribution in [3.63, 3.8) is 0 Å².